The van der Waals surface area contributed by atoms with Gasteiger partial charge in [-0.25, -0.2) is 0 Å². The molecule has 1 aliphatic heterocycles. The average molecular weight is 274 g/mol. The summed E-state index contributed by atoms with van der Waals surface area (Å²) < 4.78 is 0. The Balaban J connectivity index is 2.04. The van der Waals surface area contributed by atoms with Gasteiger partial charge in [-0.3, -0.25) is 9.59 Å². The van der Waals surface area contributed by atoms with Crippen molar-refractivity contribution in [2.75, 3.05) is 6.54 Å². The van der Waals surface area contributed by atoms with Crippen LogP contribution in [0.5, 0.6) is 0 Å². The van der Waals surface area contributed by atoms with Crippen molar-refractivity contribution in [3.8, 4) is 0 Å². The predicted molar refractivity (Wildman–Crippen MR) is 78.0 cm³/mol. The van der Waals surface area contributed by atoms with E-state index in [-0.39, 0.29) is 29.8 Å². The standard InChI is InChI=1S/C16H22N2O2/c1-11(17-13(3)19)15-9-16(20)18(10-15)12(2)14-7-5-4-6-8-14/h4-8,11-12,15H,9-10H2,1-3H3,(H,17,19)/t11-,12+,15+/m1/s1. The Bertz CT molecular complexity index is 487. The largest absolute Gasteiger partial charge is 0.354 e. The fourth-order valence-corrected chi connectivity index (χ4v) is 2.82. The molecule has 0 saturated carbocycles. The first-order valence-electron chi connectivity index (χ1n) is 7.10. The van der Waals surface area contributed by atoms with E-state index in [0.29, 0.717) is 13.0 Å². The van der Waals surface area contributed by atoms with Gasteiger partial charge in [0.05, 0.1) is 6.04 Å². The van der Waals surface area contributed by atoms with Crippen LogP contribution in [-0.2, 0) is 9.59 Å². The molecule has 0 spiro atoms. The minimum atomic E-state index is -0.0421. The molecule has 1 aromatic rings. The van der Waals surface area contributed by atoms with Crippen LogP contribution in [0.25, 0.3) is 0 Å². The number of hydrogen-bond donors (Lipinski definition) is 1. The number of likely N-dealkylation sites (tertiary alicyclic amines) is 1. The summed E-state index contributed by atoms with van der Waals surface area (Å²) in [6.45, 7) is 6.24. The number of carbonyl (C=O) groups is 2. The molecule has 3 atom stereocenters. The molecule has 0 bridgehead atoms. The summed E-state index contributed by atoms with van der Waals surface area (Å²) in [5, 5.41) is 2.89. The highest BCUT2D eigenvalue weighted by Crippen LogP contribution is 2.29. The van der Waals surface area contributed by atoms with Crippen LogP contribution in [0.4, 0.5) is 0 Å². The zero-order valence-corrected chi connectivity index (χ0v) is 12.3. The number of hydrogen-bond acceptors (Lipinski definition) is 2. The molecular weight excluding hydrogens is 252 g/mol. The number of nitrogens with zero attached hydrogens (tertiary/aromatic N) is 1. The van der Waals surface area contributed by atoms with E-state index in [9.17, 15) is 9.59 Å². The van der Waals surface area contributed by atoms with E-state index in [1.165, 1.54) is 6.92 Å². The molecule has 20 heavy (non-hydrogen) atoms. The van der Waals surface area contributed by atoms with Gasteiger partial charge in [-0.1, -0.05) is 30.3 Å². The normalized spacial score (nSPS) is 21.6. The average Bonchev–Trinajstić information content (AvgIpc) is 2.80. The quantitative estimate of drug-likeness (QED) is 0.914. The van der Waals surface area contributed by atoms with E-state index in [0.717, 1.165) is 5.56 Å². The predicted octanol–water partition coefficient (Wildman–Crippen LogP) is 2.12. The van der Waals surface area contributed by atoms with Crippen LogP contribution in [0, 0.1) is 5.92 Å². The molecule has 1 aliphatic rings. The van der Waals surface area contributed by atoms with Gasteiger partial charge in [-0.05, 0) is 19.4 Å². The van der Waals surface area contributed by atoms with Crippen LogP contribution in [0.3, 0.4) is 0 Å². The maximum Gasteiger partial charge on any atom is 0.223 e. The van der Waals surface area contributed by atoms with Gasteiger partial charge in [0.2, 0.25) is 11.8 Å². The number of nitrogens with one attached hydrogen (secondary N) is 1. The number of benzene rings is 1. The van der Waals surface area contributed by atoms with E-state index < -0.39 is 0 Å². The van der Waals surface area contributed by atoms with Gasteiger partial charge in [0.15, 0.2) is 0 Å². The van der Waals surface area contributed by atoms with Gasteiger partial charge >= 0.3 is 0 Å². The summed E-state index contributed by atoms with van der Waals surface area (Å²) in [5.41, 5.74) is 1.15. The Morgan fingerprint density at radius 2 is 1.95 bits per heavy atom. The summed E-state index contributed by atoms with van der Waals surface area (Å²) in [4.78, 5) is 25.2. The molecule has 0 aliphatic carbocycles. The van der Waals surface area contributed by atoms with Crippen molar-refractivity contribution in [2.24, 2.45) is 5.92 Å². The summed E-state index contributed by atoms with van der Waals surface area (Å²) in [6.07, 6.45) is 0.513. The number of amides is 2. The maximum atomic E-state index is 12.2. The second kappa shape index (κ2) is 6.07. The fraction of sp³-hybridized carbons (Fsp3) is 0.500. The van der Waals surface area contributed by atoms with Crippen molar-refractivity contribution in [3.63, 3.8) is 0 Å². The molecule has 108 valence electrons. The van der Waals surface area contributed by atoms with Crippen molar-refractivity contribution in [2.45, 2.75) is 39.3 Å². The number of carbonyl (C=O) groups excluding carboxylic acids is 2. The van der Waals surface area contributed by atoms with Gasteiger partial charge in [-0.2, -0.15) is 0 Å². The van der Waals surface area contributed by atoms with Crippen LogP contribution >= 0.6 is 0 Å². The summed E-state index contributed by atoms with van der Waals surface area (Å²) in [5.74, 6) is 0.320. The first-order valence-corrected chi connectivity index (χ1v) is 7.10. The van der Waals surface area contributed by atoms with Crippen LogP contribution in [0.15, 0.2) is 30.3 Å². The zero-order chi connectivity index (χ0) is 14.7. The molecular formula is C16H22N2O2. The third kappa shape index (κ3) is 3.18. The van der Waals surface area contributed by atoms with Crippen molar-refractivity contribution in [1.29, 1.82) is 0 Å². The molecule has 2 rings (SSSR count). The summed E-state index contributed by atoms with van der Waals surface area (Å²) >= 11 is 0. The van der Waals surface area contributed by atoms with Crippen molar-refractivity contribution in [1.82, 2.24) is 10.2 Å². The molecule has 0 radical (unpaired) electrons. The van der Waals surface area contributed by atoms with E-state index in [2.05, 4.69) is 12.2 Å². The lowest BCUT2D eigenvalue weighted by molar-refractivity contribution is -0.129. The molecule has 1 heterocycles. The highest BCUT2D eigenvalue weighted by molar-refractivity contribution is 5.79. The first-order chi connectivity index (χ1) is 9.49. The second-order valence-electron chi connectivity index (χ2n) is 5.59. The minimum Gasteiger partial charge on any atom is -0.354 e. The lowest BCUT2D eigenvalue weighted by atomic mass is 10.0. The summed E-state index contributed by atoms with van der Waals surface area (Å²) in [6, 6.07) is 10.2. The van der Waals surface area contributed by atoms with Gasteiger partial charge in [0, 0.05) is 31.8 Å². The smallest absolute Gasteiger partial charge is 0.223 e. The molecule has 1 N–H and O–H groups in total. The highest BCUT2D eigenvalue weighted by Gasteiger charge is 2.35. The lowest BCUT2D eigenvalue weighted by Crippen LogP contribution is -2.38. The number of rotatable bonds is 4. The monoisotopic (exact) mass is 274 g/mol. The van der Waals surface area contributed by atoms with E-state index in [4.69, 9.17) is 0 Å². The van der Waals surface area contributed by atoms with Gasteiger partial charge in [0.1, 0.15) is 0 Å². The Labute approximate surface area is 120 Å². The highest BCUT2D eigenvalue weighted by atomic mass is 16.2. The van der Waals surface area contributed by atoms with Crippen LogP contribution in [0.1, 0.15) is 38.8 Å². The molecule has 1 aromatic carbocycles. The van der Waals surface area contributed by atoms with Crippen LogP contribution < -0.4 is 5.32 Å². The maximum absolute atomic E-state index is 12.2. The fourth-order valence-electron chi connectivity index (χ4n) is 2.82. The SMILES string of the molecule is CC(=O)N[C@H](C)[C@H]1CC(=O)N([C@@H](C)c2ccccc2)C1. The molecule has 0 unspecified atom stereocenters. The Morgan fingerprint density at radius 3 is 2.55 bits per heavy atom. The first kappa shape index (κ1) is 14.6. The molecule has 2 amide bonds. The van der Waals surface area contributed by atoms with Crippen molar-refractivity contribution >= 4 is 11.8 Å². The van der Waals surface area contributed by atoms with Gasteiger partial charge < -0.3 is 10.2 Å². The third-order valence-electron chi connectivity index (χ3n) is 4.08. The Morgan fingerprint density at radius 1 is 1.30 bits per heavy atom. The van der Waals surface area contributed by atoms with Gasteiger partial charge in [-0.15, -0.1) is 0 Å². The summed E-state index contributed by atoms with van der Waals surface area (Å²) in [7, 11) is 0. The molecule has 1 saturated heterocycles. The third-order valence-corrected chi connectivity index (χ3v) is 4.08. The minimum absolute atomic E-state index is 0.0319. The van der Waals surface area contributed by atoms with E-state index in [1.54, 1.807) is 0 Å². The Hall–Kier alpha value is -1.84. The molecule has 1 fully saturated rings. The molecule has 4 nitrogen and oxygen atoms in total. The Kier molecular flexibility index (Phi) is 4.42. The topological polar surface area (TPSA) is 49.4 Å². The lowest BCUT2D eigenvalue weighted by Gasteiger charge is -2.26. The van der Waals surface area contributed by atoms with Crippen molar-refractivity contribution < 1.29 is 9.59 Å². The van der Waals surface area contributed by atoms with Crippen LogP contribution in [0.2, 0.25) is 0 Å². The molecule has 0 aromatic heterocycles. The van der Waals surface area contributed by atoms with E-state index >= 15 is 0 Å². The van der Waals surface area contributed by atoms with Crippen LogP contribution in [-0.4, -0.2) is 29.3 Å². The molecule has 4 heteroatoms. The second-order valence-corrected chi connectivity index (χ2v) is 5.59. The zero-order valence-electron chi connectivity index (χ0n) is 12.3. The van der Waals surface area contributed by atoms with Crippen molar-refractivity contribution in [3.05, 3.63) is 35.9 Å². The van der Waals surface area contributed by atoms with Gasteiger partial charge in [0.25, 0.3) is 0 Å². The van der Waals surface area contributed by atoms with E-state index in [1.807, 2.05) is 42.2 Å².